The lowest BCUT2D eigenvalue weighted by Gasteiger charge is -1.91. The lowest BCUT2D eigenvalue weighted by Crippen LogP contribution is -1.79. The van der Waals surface area contributed by atoms with Gasteiger partial charge in [0.05, 0.1) is 6.61 Å². The quantitative estimate of drug-likeness (QED) is 0.572. The van der Waals surface area contributed by atoms with Crippen LogP contribution in [-0.4, -0.2) is 11.5 Å². The molecule has 0 saturated heterocycles. The normalized spacial score (nSPS) is 9.54. The first-order valence-electron chi connectivity index (χ1n) is 4.10. The monoisotopic (exact) mass is 208 g/mol. The van der Waals surface area contributed by atoms with Crippen molar-refractivity contribution in [2.45, 2.75) is 27.2 Å². The highest BCUT2D eigenvalue weighted by Crippen LogP contribution is 2.13. The third kappa shape index (κ3) is 81.9. The molecule has 1 N–H and O–H groups in total. The Labute approximate surface area is 82.1 Å². The minimum Gasteiger partial charge on any atom is -0.326 e. The molecular formula is C9H21O3P. The molecule has 0 aliphatic heterocycles. The second kappa shape index (κ2) is 22.6. The Hall–Kier alpha value is -0.370. The summed E-state index contributed by atoms with van der Waals surface area (Å²) in [4.78, 5) is 8.01. The van der Waals surface area contributed by atoms with Gasteiger partial charge >= 0.3 is 8.25 Å². The van der Waals surface area contributed by atoms with Crippen LogP contribution in [0.2, 0.25) is 0 Å². The topological polar surface area (TPSA) is 46.5 Å². The molecule has 0 radical (unpaired) electrons. The Morgan fingerprint density at radius 1 is 1.38 bits per heavy atom. The summed E-state index contributed by atoms with van der Waals surface area (Å²) in [6, 6.07) is 0. The van der Waals surface area contributed by atoms with E-state index in [9.17, 15) is 4.57 Å². The summed E-state index contributed by atoms with van der Waals surface area (Å²) in [5, 5.41) is 0. The van der Waals surface area contributed by atoms with E-state index in [1.54, 1.807) is 12.2 Å². The Balaban J connectivity index is -0.000000140. The Morgan fingerprint density at radius 3 is 1.77 bits per heavy atom. The second-order valence-corrected chi connectivity index (χ2v) is 2.75. The molecule has 0 aliphatic rings. The number of allylic oxidation sites excluding steroid dienone is 2. The predicted molar refractivity (Wildman–Crippen MR) is 59.2 cm³/mol. The van der Waals surface area contributed by atoms with E-state index in [-0.39, 0.29) is 0 Å². The highest BCUT2D eigenvalue weighted by atomic mass is 31.1. The van der Waals surface area contributed by atoms with Gasteiger partial charge in [0.2, 0.25) is 0 Å². The Morgan fingerprint density at radius 2 is 1.69 bits per heavy atom. The van der Waals surface area contributed by atoms with Gasteiger partial charge in [0.15, 0.2) is 0 Å². The zero-order chi connectivity index (χ0) is 11.1. The molecule has 0 fully saturated rings. The molecule has 0 amide bonds. The zero-order valence-corrected chi connectivity index (χ0v) is 9.75. The summed E-state index contributed by atoms with van der Waals surface area (Å²) in [6.45, 7) is 12.8. The minimum absolute atomic E-state index is 0.383. The van der Waals surface area contributed by atoms with Crippen molar-refractivity contribution in [2.24, 2.45) is 0 Å². The summed E-state index contributed by atoms with van der Waals surface area (Å²) in [5.74, 6) is 0. The van der Waals surface area contributed by atoms with Crippen molar-refractivity contribution in [2.75, 3.05) is 6.61 Å². The summed E-state index contributed by atoms with van der Waals surface area (Å²) >= 11 is 0. The molecule has 0 aromatic rings. The van der Waals surface area contributed by atoms with Gasteiger partial charge in [0.25, 0.3) is 0 Å². The van der Waals surface area contributed by atoms with Gasteiger partial charge in [-0.1, -0.05) is 19.1 Å². The summed E-state index contributed by atoms with van der Waals surface area (Å²) in [7, 11) is -2.65. The van der Waals surface area contributed by atoms with Gasteiger partial charge in [-0.05, 0) is 20.3 Å². The molecule has 0 rings (SSSR count). The van der Waals surface area contributed by atoms with Crippen LogP contribution in [0.3, 0.4) is 0 Å². The van der Waals surface area contributed by atoms with E-state index in [0.717, 1.165) is 6.42 Å². The average molecular weight is 208 g/mol. The molecule has 0 saturated carbocycles. The smallest absolute Gasteiger partial charge is 0.316 e. The molecule has 13 heavy (non-hydrogen) atoms. The lowest BCUT2D eigenvalue weighted by atomic mass is 10.5. The fourth-order valence-corrected chi connectivity index (χ4v) is 0.568. The van der Waals surface area contributed by atoms with Crippen molar-refractivity contribution < 1.29 is 14.0 Å². The molecule has 80 valence electrons. The maximum absolute atomic E-state index is 9.72. The van der Waals surface area contributed by atoms with Crippen molar-refractivity contribution in [3.05, 3.63) is 25.3 Å². The van der Waals surface area contributed by atoms with Crippen LogP contribution in [-0.2, 0) is 9.09 Å². The third-order valence-electron chi connectivity index (χ3n) is 0.430. The lowest BCUT2D eigenvalue weighted by molar-refractivity contribution is 0.282. The van der Waals surface area contributed by atoms with Gasteiger partial charge in [-0.25, -0.2) is 0 Å². The van der Waals surface area contributed by atoms with Crippen LogP contribution in [0.4, 0.5) is 0 Å². The van der Waals surface area contributed by atoms with E-state index in [0.29, 0.717) is 6.61 Å². The van der Waals surface area contributed by atoms with Gasteiger partial charge in [-0.3, -0.25) is 4.57 Å². The average Bonchev–Trinajstić information content (AvgIpc) is 2.04. The first-order chi connectivity index (χ1) is 6.10. The Bertz CT molecular complexity index is 118. The maximum atomic E-state index is 9.72. The van der Waals surface area contributed by atoms with Crippen LogP contribution < -0.4 is 0 Å². The maximum Gasteiger partial charge on any atom is 0.316 e. The van der Waals surface area contributed by atoms with Gasteiger partial charge in [-0.2, -0.15) is 0 Å². The molecule has 1 unspecified atom stereocenters. The second-order valence-electron chi connectivity index (χ2n) is 1.93. The molecule has 0 bridgehead atoms. The summed E-state index contributed by atoms with van der Waals surface area (Å²) in [5.41, 5.74) is 0. The van der Waals surface area contributed by atoms with E-state index in [2.05, 4.69) is 17.7 Å². The first-order valence-corrected chi connectivity index (χ1v) is 5.36. The van der Waals surface area contributed by atoms with Crippen molar-refractivity contribution in [3.63, 3.8) is 0 Å². The van der Waals surface area contributed by atoms with Crippen molar-refractivity contribution in [1.82, 2.24) is 0 Å². The molecule has 0 spiro atoms. The largest absolute Gasteiger partial charge is 0.326 e. The number of rotatable bonds is 3. The molecule has 0 aliphatic carbocycles. The molecule has 0 aromatic heterocycles. The molecular weight excluding hydrogens is 187 g/mol. The first kappa shape index (κ1) is 18.4. The Kier molecular flexibility index (Phi) is 32.0. The van der Waals surface area contributed by atoms with Crippen LogP contribution in [0.25, 0.3) is 0 Å². The number of hydrogen-bond acceptors (Lipinski definition) is 2. The van der Waals surface area contributed by atoms with E-state index < -0.39 is 8.25 Å². The summed E-state index contributed by atoms with van der Waals surface area (Å²) in [6.07, 6.45) is 4.29. The zero-order valence-electron chi connectivity index (χ0n) is 8.75. The van der Waals surface area contributed by atoms with Gasteiger partial charge in [-0.15, -0.1) is 13.2 Å². The van der Waals surface area contributed by atoms with Gasteiger partial charge < -0.3 is 9.42 Å². The van der Waals surface area contributed by atoms with Crippen molar-refractivity contribution in [1.29, 1.82) is 0 Å². The van der Waals surface area contributed by atoms with Gasteiger partial charge in [0.1, 0.15) is 0 Å². The standard InChI is InChI=1S/C3H9O3P.2C3H6/c1-2-3-6-7(4)5;2*1-3-2/h7H,2-3H2,1H3,(H,4,5);2*3H,1H2,2H3. The van der Waals surface area contributed by atoms with Crippen molar-refractivity contribution >= 4 is 8.25 Å². The van der Waals surface area contributed by atoms with Crippen LogP contribution in [0.1, 0.15) is 27.2 Å². The van der Waals surface area contributed by atoms with E-state index in [1.165, 1.54) is 0 Å². The SMILES string of the molecule is C=CC.C=CC.CCCO[PH](=O)O. The van der Waals surface area contributed by atoms with Crippen LogP contribution in [0.15, 0.2) is 25.3 Å². The highest BCUT2D eigenvalue weighted by molar-refractivity contribution is 7.32. The van der Waals surface area contributed by atoms with E-state index >= 15 is 0 Å². The van der Waals surface area contributed by atoms with Crippen LogP contribution in [0, 0.1) is 0 Å². The molecule has 0 heterocycles. The van der Waals surface area contributed by atoms with E-state index in [4.69, 9.17) is 4.89 Å². The third-order valence-corrected chi connectivity index (χ3v) is 0.881. The number of hydrogen-bond donors (Lipinski definition) is 1. The molecule has 0 aromatic carbocycles. The van der Waals surface area contributed by atoms with Crippen LogP contribution in [0.5, 0.6) is 0 Å². The predicted octanol–water partition coefficient (Wildman–Crippen LogP) is 3.18. The van der Waals surface area contributed by atoms with Crippen LogP contribution >= 0.6 is 8.25 Å². The molecule has 3 nitrogen and oxygen atoms in total. The van der Waals surface area contributed by atoms with E-state index in [1.807, 2.05) is 20.8 Å². The summed E-state index contributed by atoms with van der Waals surface area (Å²) < 4.78 is 14.0. The minimum atomic E-state index is -2.65. The van der Waals surface area contributed by atoms with Crippen molar-refractivity contribution in [3.8, 4) is 0 Å². The van der Waals surface area contributed by atoms with Gasteiger partial charge in [0, 0.05) is 0 Å². The fraction of sp³-hybridized carbons (Fsp3) is 0.556. The fourth-order valence-electron chi connectivity index (χ4n) is 0.189. The molecule has 1 atom stereocenters. The highest BCUT2D eigenvalue weighted by Gasteiger charge is 1.85. The molecule has 4 heteroatoms.